The highest BCUT2D eigenvalue weighted by Crippen LogP contribution is 2.24. The van der Waals surface area contributed by atoms with E-state index in [2.05, 4.69) is 9.72 Å². The third-order valence-corrected chi connectivity index (χ3v) is 2.71. The summed E-state index contributed by atoms with van der Waals surface area (Å²) in [5.74, 6) is 0.819. The highest BCUT2D eigenvalue weighted by molar-refractivity contribution is 5.97. The number of anilines is 2. The molecule has 2 aromatic heterocycles. The Balaban J connectivity index is 2.27. The van der Waals surface area contributed by atoms with Gasteiger partial charge in [0.15, 0.2) is 5.82 Å². The number of carbonyl (C=O) groups is 1. The second-order valence-electron chi connectivity index (χ2n) is 4.02. The molecule has 19 heavy (non-hydrogen) atoms. The lowest BCUT2D eigenvalue weighted by atomic mass is 10.2. The van der Waals surface area contributed by atoms with Crippen LogP contribution in [0.15, 0.2) is 35.1 Å². The van der Waals surface area contributed by atoms with Crippen molar-refractivity contribution < 1.29 is 13.9 Å². The first-order chi connectivity index (χ1) is 9.13. The number of rotatable bonds is 4. The van der Waals surface area contributed by atoms with E-state index in [0.717, 1.165) is 5.76 Å². The molecule has 0 fully saturated rings. The molecule has 0 aliphatic heterocycles. The number of ether oxygens (including phenoxy) is 1. The molecule has 0 amide bonds. The van der Waals surface area contributed by atoms with E-state index in [1.807, 2.05) is 19.2 Å². The molecule has 0 aliphatic rings. The minimum absolute atomic E-state index is 0.295. The minimum atomic E-state index is -0.479. The topological polar surface area (TPSA) is 81.6 Å². The van der Waals surface area contributed by atoms with Crippen LogP contribution in [-0.4, -0.2) is 25.1 Å². The van der Waals surface area contributed by atoms with Crippen LogP contribution in [0, 0.1) is 0 Å². The third kappa shape index (κ3) is 2.67. The van der Waals surface area contributed by atoms with Crippen molar-refractivity contribution in [1.82, 2.24) is 4.98 Å². The SMILES string of the molecule is COC(=O)c1ccnc(N(C)Cc2ccco2)c1N. The molecule has 0 bridgehead atoms. The van der Waals surface area contributed by atoms with Gasteiger partial charge in [-0.15, -0.1) is 0 Å². The van der Waals surface area contributed by atoms with E-state index < -0.39 is 5.97 Å². The normalized spacial score (nSPS) is 10.2. The number of esters is 1. The highest BCUT2D eigenvalue weighted by atomic mass is 16.5. The molecule has 2 heterocycles. The number of pyridine rings is 1. The molecule has 100 valence electrons. The van der Waals surface area contributed by atoms with Crippen molar-refractivity contribution in [1.29, 1.82) is 0 Å². The second-order valence-corrected chi connectivity index (χ2v) is 4.02. The lowest BCUT2D eigenvalue weighted by Gasteiger charge is -2.19. The number of hydrogen-bond donors (Lipinski definition) is 1. The Morgan fingerprint density at radius 3 is 2.95 bits per heavy atom. The van der Waals surface area contributed by atoms with Crippen LogP contribution in [0.2, 0.25) is 0 Å². The number of nitrogens with zero attached hydrogens (tertiary/aromatic N) is 2. The summed E-state index contributed by atoms with van der Waals surface area (Å²) < 4.78 is 9.94. The average Bonchev–Trinajstić information content (AvgIpc) is 2.90. The van der Waals surface area contributed by atoms with Gasteiger partial charge in [0, 0.05) is 13.2 Å². The first-order valence-electron chi connectivity index (χ1n) is 5.69. The molecule has 0 unspecified atom stereocenters. The summed E-state index contributed by atoms with van der Waals surface area (Å²) in [5.41, 5.74) is 6.55. The van der Waals surface area contributed by atoms with E-state index in [-0.39, 0.29) is 0 Å². The van der Waals surface area contributed by atoms with Gasteiger partial charge in [-0.25, -0.2) is 9.78 Å². The monoisotopic (exact) mass is 261 g/mol. The first-order valence-corrected chi connectivity index (χ1v) is 5.69. The van der Waals surface area contributed by atoms with Crippen molar-refractivity contribution in [2.24, 2.45) is 0 Å². The van der Waals surface area contributed by atoms with Crippen LogP contribution >= 0.6 is 0 Å². The zero-order valence-corrected chi connectivity index (χ0v) is 10.8. The van der Waals surface area contributed by atoms with Crippen molar-refractivity contribution in [2.45, 2.75) is 6.54 Å². The Kier molecular flexibility index (Phi) is 3.70. The van der Waals surface area contributed by atoms with Crippen LogP contribution < -0.4 is 10.6 Å². The van der Waals surface area contributed by atoms with Gasteiger partial charge in [0.05, 0.1) is 31.2 Å². The summed E-state index contributed by atoms with van der Waals surface area (Å²) in [7, 11) is 3.14. The number of hydrogen-bond acceptors (Lipinski definition) is 6. The van der Waals surface area contributed by atoms with Crippen LogP contribution in [0.5, 0.6) is 0 Å². The molecule has 0 aliphatic carbocycles. The number of nitrogen functional groups attached to an aromatic ring is 1. The van der Waals surface area contributed by atoms with Gasteiger partial charge in [-0.1, -0.05) is 0 Å². The maximum absolute atomic E-state index is 11.6. The van der Waals surface area contributed by atoms with Gasteiger partial charge in [-0.05, 0) is 18.2 Å². The molecule has 6 nitrogen and oxygen atoms in total. The number of aromatic nitrogens is 1. The van der Waals surface area contributed by atoms with Gasteiger partial charge in [-0.2, -0.15) is 0 Å². The van der Waals surface area contributed by atoms with Crippen LogP contribution in [0.4, 0.5) is 11.5 Å². The molecule has 2 rings (SSSR count). The highest BCUT2D eigenvalue weighted by Gasteiger charge is 2.16. The summed E-state index contributed by atoms with van der Waals surface area (Å²) in [5, 5.41) is 0. The molecular formula is C13H15N3O3. The largest absolute Gasteiger partial charge is 0.467 e. The average molecular weight is 261 g/mol. The molecule has 0 atom stereocenters. The summed E-state index contributed by atoms with van der Waals surface area (Å²) in [6, 6.07) is 5.20. The zero-order chi connectivity index (χ0) is 13.8. The lowest BCUT2D eigenvalue weighted by molar-refractivity contribution is 0.0602. The lowest BCUT2D eigenvalue weighted by Crippen LogP contribution is -2.20. The smallest absolute Gasteiger partial charge is 0.340 e. The number of furan rings is 1. The van der Waals surface area contributed by atoms with E-state index in [1.165, 1.54) is 19.4 Å². The summed E-state index contributed by atoms with van der Waals surface area (Å²) >= 11 is 0. The van der Waals surface area contributed by atoms with Crippen LogP contribution in [0.1, 0.15) is 16.1 Å². The summed E-state index contributed by atoms with van der Waals surface area (Å²) in [6.07, 6.45) is 3.13. The second kappa shape index (κ2) is 5.43. The van der Waals surface area contributed by atoms with Crippen LogP contribution in [-0.2, 0) is 11.3 Å². The first kappa shape index (κ1) is 12.9. The van der Waals surface area contributed by atoms with Crippen molar-refractivity contribution >= 4 is 17.5 Å². The fraction of sp³-hybridized carbons (Fsp3) is 0.231. The predicted octanol–water partition coefficient (Wildman–Crippen LogP) is 1.68. The molecule has 2 aromatic rings. The number of carbonyl (C=O) groups excluding carboxylic acids is 1. The van der Waals surface area contributed by atoms with Gasteiger partial charge in [0.25, 0.3) is 0 Å². The maximum Gasteiger partial charge on any atom is 0.340 e. The Labute approximate surface area is 110 Å². The molecule has 6 heteroatoms. The molecule has 2 N–H and O–H groups in total. The standard InChI is InChI=1S/C13H15N3O3/c1-16(8-9-4-3-7-19-9)12-11(14)10(5-6-15-12)13(17)18-2/h3-7H,8,14H2,1-2H3. The Morgan fingerprint density at radius 2 is 2.32 bits per heavy atom. The van der Waals surface area contributed by atoms with E-state index >= 15 is 0 Å². The van der Waals surface area contributed by atoms with E-state index in [0.29, 0.717) is 23.6 Å². The van der Waals surface area contributed by atoms with Crippen molar-refractivity contribution in [3.8, 4) is 0 Å². The van der Waals surface area contributed by atoms with Crippen molar-refractivity contribution in [2.75, 3.05) is 24.8 Å². The molecule has 0 aromatic carbocycles. The van der Waals surface area contributed by atoms with E-state index in [4.69, 9.17) is 10.2 Å². The van der Waals surface area contributed by atoms with Gasteiger partial charge in [0.1, 0.15) is 5.76 Å². The third-order valence-electron chi connectivity index (χ3n) is 2.71. The number of methoxy groups -OCH3 is 1. The molecule has 0 saturated carbocycles. The van der Waals surface area contributed by atoms with Gasteiger partial charge in [0.2, 0.25) is 0 Å². The van der Waals surface area contributed by atoms with Crippen LogP contribution in [0.25, 0.3) is 0 Å². The maximum atomic E-state index is 11.6. The number of nitrogens with two attached hydrogens (primary N) is 1. The molecule has 0 saturated heterocycles. The van der Waals surface area contributed by atoms with E-state index in [9.17, 15) is 4.79 Å². The Bertz CT molecular complexity index is 567. The molecule has 0 spiro atoms. The van der Waals surface area contributed by atoms with Gasteiger partial charge < -0.3 is 19.8 Å². The summed E-state index contributed by atoms with van der Waals surface area (Å²) in [6.45, 7) is 0.509. The predicted molar refractivity (Wildman–Crippen MR) is 70.8 cm³/mol. The Morgan fingerprint density at radius 1 is 1.53 bits per heavy atom. The fourth-order valence-corrected chi connectivity index (χ4v) is 1.77. The zero-order valence-electron chi connectivity index (χ0n) is 10.8. The fourth-order valence-electron chi connectivity index (χ4n) is 1.77. The molecule has 0 radical (unpaired) electrons. The summed E-state index contributed by atoms with van der Waals surface area (Å²) in [4.78, 5) is 17.6. The molecular weight excluding hydrogens is 246 g/mol. The minimum Gasteiger partial charge on any atom is -0.467 e. The van der Waals surface area contributed by atoms with Crippen LogP contribution in [0.3, 0.4) is 0 Å². The van der Waals surface area contributed by atoms with E-state index in [1.54, 1.807) is 11.2 Å². The van der Waals surface area contributed by atoms with Gasteiger partial charge in [-0.3, -0.25) is 0 Å². The van der Waals surface area contributed by atoms with Crippen molar-refractivity contribution in [3.05, 3.63) is 42.0 Å². The quantitative estimate of drug-likeness (QED) is 0.843. The van der Waals surface area contributed by atoms with Gasteiger partial charge >= 0.3 is 5.97 Å². The Hall–Kier alpha value is -2.50. The van der Waals surface area contributed by atoms with Crippen molar-refractivity contribution in [3.63, 3.8) is 0 Å².